The lowest BCUT2D eigenvalue weighted by molar-refractivity contribution is -0.132. The molecule has 2 heteroatoms. The van der Waals surface area contributed by atoms with Gasteiger partial charge >= 0.3 is 0 Å². The molecule has 1 aliphatic heterocycles. The van der Waals surface area contributed by atoms with E-state index in [-0.39, 0.29) is 6.10 Å². The molecule has 2 rings (SSSR count). The van der Waals surface area contributed by atoms with Crippen LogP contribution in [0.1, 0.15) is 19.4 Å². The minimum atomic E-state index is -0.490. The zero-order valence-electron chi connectivity index (χ0n) is 8.99. The molecule has 1 saturated heterocycles. The molecule has 1 heterocycles. The average Bonchev–Trinajstić information content (AvgIpc) is 2.57. The summed E-state index contributed by atoms with van der Waals surface area (Å²) in [6.07, 6.45) is -0.111. The molecular weight excluding hydrogens is 188 g/mol. The lowest BCUT2D eigenvalue weighted by Gasteiger charge is -2.14. The highest BCUT2D eigenvalue weighted by molar-refractivity contribution is 5.34. The van der Waals surface area contributed by atoms with Crippen molar-refractivity contribution in [2.24, 2.45) is 0 Å². The third-order valence-electron chi connectivity index (χ3n) is 2.16. The Hall–Kier alpha value is -1.30. The predicted octanol–water partition coefficient (Wildman–Crippen LogP) is 2.19. The monoisotopic (exact) mass is 202 g/mol. The summed E-state index contributed by atoms with van der Waals surface area (Å²) in [7, 11) is 0. The lowest BCUT2D eigenvalue weighted by atomic mass is 10.2. The van der Waals surface area contributed by atoms with Crippen LogP contribution in [0, 0.1) is 11.8 Å². The lowest BCUT2D eigenvalue weighted by Crippen LogP contribution is -2.20. The Morgan fingerprint density at radius 2 is 2.00 bits per heavy atom. The van der Waals surface area contributed by atoms with Gasteiger partial charge in [0.2, 0.25) is 0 Å². The first-order chi connectivity index (χ1) is 7.16. The molecule has 0 saturated carbocycles. The molecule has 1 aromatic rings. The molecule has 0 N–H and O–H groups in total. The van der Waals surface area contributed by atoms with Crippen LogP contribution in [0.25, 0.3) is 0 Å². The summed E-state index contributed by atoms with van der Waals surface area (Å²) in [5.41, 5.74) is 1.01. The van der Waals surface area contributed by atoms with E-state index in [1.165, 1.54) is 0 Å². The fraction of sp³-hybridized carbons (Fsp3) is 0.385. The van der Waals surface area contributed by atoms with Crippen LogP contribution in [0.3, 0.4) is 0 Å². The van der Waals surface area contributed by atoms with Gasteiger partial charge in [0.1, 0.15) is 6.10 Å². The standard InChI is InChI=1S/C13H14O2/c1-13(2)14-10-12(15-13)9-8-11-6-4-3-5-7-11/h3-7,12H,10H2,1-2H3/t12-/m0/s1. The second kappa shape index (κ2) is 4.06. The molecule has 1 fully saturated rings. The molecule has 0 aromatic heterocycles. The fourth-order valence-corrected chi connectivity index (χ4v) is 1.44. The Morgan fingerprint density at radius 3 is 2.60 bits per heavy atom. The highest BCUT2D eigenvalue weighted by Crippen LogP contribution is 2.21. The second-order valence-corrected chi connectivity index (χ2v) is 3.95. The molecule has 1 aliphatic rings. The van der Waals surface area contributed by atoms with Crippen molar-refractivity contribution >= 4 is 0 Å². The molecule has 15 heavy (non-hydrogen) atoms. The van der Waals surface area contributed by atoms with Gasteiger partial charge in [0, 0.05) is 5.56 Å². The van der Waals surface area contributed by atoms with Crippen LogP contribution < -0.4 is 0 Å². The minimum absolute atomic E-state index is 0.111. The number of hydrogen-bond acceptors (Lipinski definition) is 2. The Morgan fingerprint density at radius 1 is 1.27 bits per heavy atom. The van der Waals surface area contributed by atoms with Crippen molar-refractivity contribution in [3.8, 4) is 11.8 Å². The normalized spacial score (nSPS) is 23.2. The largest absolute Gasteiger partial charge is 0.347 e. The first-order valence-corrected chi connectivity index (χ1v) is 5.04. The fourth-order valence-electron chi connectivity index (χ4n) is 1.44. The molecule has 1 aromatic carbocycles. The van der Waals surface area contributed by atoms with Gasteiger partial charge in [-0.25, -0.2) is 0 Å². The van der Waals surface area contributed by atoms with Gasteiger partial charge in [-0.2, -0.15) is 0 Å². The van der Waals surface area contributed by atoms with E-state index >= 15 is 0 Å². The van der Waals surface area contributed by atoms with Crippen molar-refractivity contribution in [3.05, 3.63) is 35.9 Å². The molecule has 0 spiro atoms. The molecular formula is C13H14O2. The van der Waals surface area contributed by atoms with E-state index < -0.39 is 5.79 Å². The Labute approximate surface area is 90.2 Å². The first-order valence-electron chi connectivity index (χ1n) is 5.04. The Balaban J connectivity index is 2.02. The van der Waals surface area contributed by atoms with E-state index in [2.05, 4.69) is 11.8 Å². The zero-order chi connectivity index (χ0) is 10.7. The van der Waals surface area contributed by atoms with Gasteiger partial charge < -0.3 is 9.47 Å². The van der Waals surface area contributed by atoms with Crippen LogP contribution in [0.4, 0.5) is 0 Å². The predicted molar refractivity (Wildman–Crippen MR) is 58.2 cm³/mol. The average molecular weight is 202 g/mol. The summed E-state index contributed by atoms with van der Waals surface area (Å²) in [5, 5.41) is 0. The Kier molecular flexibility index (Phi) is 2.77. The van der Waals surface area contributed by atoms with E-state index in [0.29, 0.717) is 6.61 Å². The summed E-state index contributed by atoms with van der Waals surface area (Å²) in [5.74, 6) is 5.64. The van der Waals surface area contributed by atoms with E-state index in [1.54, 1.807) is 0 Å². The molecule has 0 aliphatic carbocycles. The highest BCUT2D eigenvalue weighted by atomic mass is 16.7. The summed E-state index contributed by atoms with van der Waals surface area (Å²) in [4.78, 5) is 0. The summed E-state index contributed by atoms with van der Waals surface area (Å²) in [6, 6.07) is 9.88. The van der Waals surface area contributed by atoms with Crippen LogP contribution in [0.15, 0.2) is 30.3 Å². The van der Waals surface area contributed by atoms with Gasteiger partial charge in [-0.1, -0.05) is 30.0 Å². The van der Waals surface area contributed by atoms with E-state index in [9.17, 15) is 0 Å². The first kappa shape index (κ1) is 10.2. The quantitative estimate of drug-likeness (QED) is 0.600. The van der Waals surface area contributed by atoms with Gasteiger partial charge in [0.05, 0.1) is 6.61 Å². The van der Waals surface area contributed by atoms with Gasteiger partial charge in [0.15, 0.2) is 5.79 Å². The van der Waals surface area contributed by atoms with Crippen LogP contribution in [0.5, 0.6) is 0 Å². The van der Waals surface area contributed by atoms with Crippen molar-refractivity contribution in [1.82, 2.24) is 0 Å². The van der Waals surface area contributed by atoms with E-state index in [1.807, 2.05) is 44.2 Å². The summed E-state index contributed by atoms with van der Waals surface area (Å²) >= 11 is 0. The molecule has 0 amide bonds. The summed E-state index contributed by atoms with van der Waals surface area (Å²) in [6.45, 7) is 4.35. The molecule has 78 valence electrons. The maximum absolute atomic E-state index is 5.57. The van der Waals surface area contributed by atoms with E-state index in [0.717, 1.165) is 5.56 Å². The van der Waals surface area contributed by atoms with Gasteiger partial charge in [-0.3, -0.25) is 0 Å². The van der Waals surface area contributed by atoms with Crippen molar-refractivity contribution in [2.45, 2.75) is 25.7 Å². The molecule has 0 radical (unpaired) electrons. The van der Waals surface area contributed by atoms with Gasteiger partial charge in [0.25, 0.3) is 0 Å². The zero-order valence-corrected chi connectivity index (χ0v) is 8.99. The highest BCUT2D eigenvalue weighted by Gasteiger charge is 2.31. The molecule has 0 unspecified atom stereocenters. The molecule has 0 bridgehead atoms. The third kappa shape index (κ3) is 2.82. The van der Waals surface area contributed by atoms with Crippen LogP contribution in [0.2, 0.25) is 0 Å². The molecule has 1 atom stereocenters. The minimum Gasteiger partial charge on any atom is -0.347 e. The van der Waals surface area contributed by atoms with Gasteiger partial charge in [-0.05, 0) is 26.0 Å². The maximum atomic E-state index is 5.57. The number of benzene rings is 1. The van der Waals surface area contributed by atoms with Gasteiger partial charge in [-0.15, -0.1) is 0 Å². The smallest absolute Gasteiger partial charge is 0.164 e. The van der Waals surface area contributed by atoms with Crippen molar-refractivity contribution < 1.29 is 9.47 Å². The van der Waals surface area contributed by atoms with Crippen LogP contribution in [-0.2, 0) is 9.47 Å². The summed E-state index contributed by atoms with van der Waals surface area (Å²) < 4.78 is 11.0. The SMILES string of the molecule is CC1(C)OC[C@H](C#Cc2ccccc2)O1. The van der Waals surface area contributed by atoms with Crippen molar-refractivity contribution in [2.75, 3.05) is 6.61 Å². The number of ether oxygens (including phenoxy) is 2. The number of hydrogen-bond donors (Lipinski definition) is 0. The van der Waals surface area contributed by atoms with E-state index in [4.69, 9.17) is 9.47 Å². The third-order valence-corrected chi connectivity index (χ3v) is 2.16. The van der Waals surface area contributed by atoms with Crippen molar-refractivity contribution in [3.63, 3.8) is 0 Å². The Bertz CT molecular complexity index is 384. The topological polar surface area (TPSA) is 18.5 Å². The maximum Gasteiger partial charge on any atom is 0.164 e. The van der Waals surface area contributed by atoms with Crippen LogP contribution >= 0.6 is 0 Å². The second-order valence-electron chi connectivity index (χ2n) is 3.95. The van der Waals surface area contributed by atoms with Crippen molar-refractivity contribution in [1.29, 1.82) is 0 Å². The molecule has 2 nitrogen and oxygen atoms in total. The number of rotatable bonds is 0. The van der Waals surface area contributed by atoms with Crippen LogP contribution in [-0.4, -0.2) is 18.5 Å².